The number of carbonyl (C=O) groups is 2. The van der Waals surface area contributed by atoms with Crippen molar-refractivity contribution in [3.8, 4) is 11.5 Å². The number of carbonyl (C=O) groups excluding carboxylic acids is 2. The lowest BCUT2D eigenvalue weighted by Gasteiger charge is -2.23. The number of methoxy groups -OCH3 is 2. The maximum absolute atomic E-state index is 12.3. The third-order valence-electron chi connectivity index (χ3n) is 4.01. The summed E-state index contributed by atoms with van der Waals surface area (Å²) in [5.74, 6) is 0.246. The second kappa shape index (κ2) is 8.58. The van der Waals surface area contributed by atoms with Gasteiger partial charge in [-0.05, 0) is 29.2 Å². The molecular weight excluding hydrogens is 344 g/mol. The van der Waals surface area contributed by atoms with Crippen molar-refractivity contribution in [2.75, 3.05) is 24.9 Å². The highest BCUT2D eigenvalue weighted by Gasteiger charge is 2.19. The van der Waals surface area contributed by atoms with E-state index in [1.165, 1.54) is 14.2 Å². The van der Waals surface area contributed by atoms with Gasteiger partial charge in [-0.1, -0.05) is 39.0 Å². The third-order valence-corrected chi connectivity index (χ3v) is 4.01. The molecule has 0 aromatic heterocycles. The summed E-state index contributed by atoms with van der Waals surface area (Å²) in [5.41, 5.74) is 2.04. The Morgan fingerprint density at radius 3 is 2.11 bits per heavy atom. The van der Waals surface area contributed by atoms with Gasteiger partial charge in [-0.2, -0.15) is 0 Å². The van der Waals surface area contributed by atoms with Crippen LogP contribution in [0.15, 0.2) is 42.5 Å². The Hall–Kier alpha value is -3.02. The monoisotopic (exact) mass is 370 g/mol. The van der Waals surface area contributed by atoms with Gasteiger partial charge in [0.15, 0.2) is 0 Å². The first-order valence-electron chi connectivity index (χ1n) is 8.66. The lowest BCUT2D eigenvalue weighted by atomic mass is 9.86. The molecule has 0 aliphatic heterocycles. The van der Waals surface area contributed by atoms with E-state index in [4.69, 9.17) is 9.47 Å². The highest BCUT2D eigenvalue weighted by atomic mass is 16.5. The van der Waals surface area contributed by atoms with Gasteiger partial charge in [0.25, 0.3) is 0 Å². The molecule has 0 saturated heterocycles. The summed E-state index contributed by atoms with van der Waals surface area (Å²) in [7, 11) is 3.04. The molecule has 2 rings (SSSR count). The summed E-state index contributed by atoms with van der Waals surface area (Å²) < 4.78 is 10.4. The van der Waals surface area contributed by atoms with E-state index in [0.717, 1.165) is 5.56 Å². The summed E-state index contributed by atoms with van der Waals surface area (Å²) in [4.78, 5) is 24.6. The van der Waals surface area contributed by atoms with E-state index >= 15 is 0 Å². The molecule has 0 unspecified atom stereocenters. The van der Waals surface area contributed by atoms with Gasteiger partial charge in [0.1, 0.15) is 17.9 Å². The molecule has 27 heavy (non-hydrogen) atoms. The molecular formula is C21H26N2O4. The van der Waals surface area contributed by atoms with E-state index in [-0.39, 0.29) is 17.7 Å². The third kappa shape index (κ3) is 5.48. The molecule has 2 aromatic rings. The molecule has 144 valence electrons. The van der Waals surface area contributed by atoms with Crippen molar-refractivity contribution in [1.82, 2.24) is 0 Å². The average molecular weight is 370 g/mol. The van der Waals surface area contributed by atoms with Crippen LogP contribution in [0, 0.1) is 0 Å². The van der Waals surface area contributed by atoms with Crippen LogP contribution >= 0.6 is 0 Å². The number of hydrogen-bond acceptors (Lipinski definition) is 4. The molecule has 2 N–H and O–H groups in total. The Labute approximate surface area is 159 Å². The molecule has 0 spiro atoms. The van der Waals surface area contributed by atoms with Crippen molar-refractivity contribution in [1.29, 1.82) is 0 Å². The van der Waals surface area contributed by atoms with Gasteiger partial charge >= 0.3 is 0 Å². The SMILES string of the molecule is COc1ccc(OC)c(NC(=O)CC(=O)Nc2ccccc2C(C)(C)C)c1. The Morgan fingerprint density at radius 2 is 1.52 bits per heavy atom. The molecule has 2 amide bonds. The Bertz CT molecular complexity index is 825. The first-order chi connectivity index (χ1) is 12.7. The van der Waals surface area contributed by atoms with E-state index in [9.17, 15) is 9.59 Å². The minimum absolute atomic E-state index is 0.125. The number of anilines is 2. The second-order valence-corrected chi connectivity index (χ2v) is 7.13. The van der Waals surface area contributed by atoms with Crippen molar-refractivity contribution in [3.05, 3.63) is 48.0 Å². The fraction of sp³-hybridized carbons (Fsp3) is 0.333. The van der Waals surface area contributed by atoms with Crippen LogP contribution in [0.1, 0.15) is 32.8 Å². The molecule has 0 atom stereocenters. The fourth-order valence-corrected chi connectivity index (χ4v) is 2.69. The summed E-state index contributed by atoms with van der Waals surface area (Å²) >= 11 is 0. The van der Waals surface area contributed by atoms with Gasteiger partial charge in [-0.25, -0.2) is 0 Å². The van der Waals surface area contributed by atoms with Crippen LogP contribution in [0.2, 0.25) is 0 Å². The molecule has 0 fully saturated rings. The van der Waals surface area contributed by atoms with Crippen LogP contribution in [0.3, 0.4) is 0 Å². The number of ether oxygens (including phenoxy) is 2. The molecule has 0 bridgehead atoms. The molecule has 6 heteroatoms. The summed E-state index contributed by atoms with van der Waals surface area (Å²) in [5, 5.41) is 5.52. The molecule has 0 aliphatic carbocycles. The minimum Gasteiger partial charge on any atom is -0.497 e. The van der Waals surface area contributed by atoms with E-state index in [0.29, 0.717) is 22.9 Å². The predicted molar refractivity (Wildman–Crippen MR) is 107 cm³/mol. The van der Waals surface area contributed by atoms with Crippen molar-refractivity contribution in [2.24, 2.45) is 0 Å². The van der Waals surface area contributed by atoms with Gasteiger partial charge in [-0.15, -0.1) is 0 Å². The number of hydrogen-bond donors (Lipinski definition) is 2. The van der Waals surface area contributed by atoms with Crippen LogP contribution in [-0.2, 0) is 15.0 Å². The van der Waals surface area contributed by atoms with Crippen LogP contribution in [0.25, 0.3) is 0 Å². The number of rotatable bonds is 6. The predicted octanol–water partition coefficient (Wildman–Crippen LogP) is 3.97. The maximum Gasteiger partial charge on any atom is 0.233 e. The van der Waals surface area contributed by atoms with Crippen LogP contribution in [0.5, 0.6) is 11.5 Å². The first-order valence-corrected chi connectivity index (χ1v) is 8.66. The Balaban J connectivity index is 2.06. The van der Waals surface area contributed by atoms with Gasteiger partial charge in [-0.3, -0.25) is 9.59 Å². The van der Waals surface area contributed by atoms with Crippen LogP contribution < -0.4 is 20.1 Å². The first kappa shape index (κ1) is 20.3. The normalized spacial score (nSPS) is 10.9. The van der Waals surface area contributed by atoms with Gasteiger partial charge < -0.3 is 20.1 Å². The highest BCUT2D eigenvalue weighted by molar-refractivity contribution is 6.08. The van der Waals surface area contributed by atoms with Gasteiger partial charge in [0.2, 0.25) is 11.8 Å². The molecule has 0 radical (unpaired) electrons. The van der Waals surface area contributed by atoms with Gasteiger partial charge in [0, 0.05) is 11.8 Å². The molecule has 0 aliphatic rings. The largest absolute Gasteiger partial charge is 0.497 e. The minimum atomic E-state index is -0.438. The average Bonchev–Trinajstić information content (AvgIpc) is 2.60. The topological polar surface area (TPSA) is 76.7 Å². The van der Waals surface area contributed by atoms with Crippen LogP contribution in [-0.4, -0.2) is 26.0 Å². The second-order valence-electron chi connectivity index (χ2n) is 7.13. The number of para-hydroxylation sites is 1. The smallest absolute Gasteiger partial charge is 0.233 e. The summed E-state index contributed by atoms with van der Waals surface area (Å²) in [6.45, 7) is 6.21. The molecule has 6 nitrogen and oxygen atoms in total. The van der Waals surface area contributed by atoms with Crippen molar-refractivity contribution >= 4 is 23.2 Å². The van der Waals surface area contributed by atoms with Crippen molar-refractivity contribution < 1.29 is 19.1 Å². The molecule has 0 saturated carbocycles. The van der Waals surface area contributed by atoms with E-state index < -0.39 is 5.91 Å². The summed E-state index contributed by atoms with van der Waals surface area (Å²) in [6.07, 6.45) is -0.307. The number of amides is 2. The highest BCUT2D eigenvalue weighted by Crippen LogP contribution is 2.30. The Morgan fingerprint density at radius 1 is 0.889 bits per heavy atom. The van der Waals surface area contributed by atoms with Gasteiger partial charge in [0.05, 0.1) is 19.9 Å². The quantitative estimate of drug-likeness (QED) is 0.755. The molecule has 0 heterocycles. The van der Waals surface area contributed by atoms with E-state index in [1.54, 1.807) is 18.2 Å². The standard InChI is InChI=1S/C21H26N2O4/c1-21(2,3)15-8-6-7-9-16(15)22-19(24)13-20(25)23-17-12-14(26-4)10-11-18(17)27-5/h6-12H,13H2,1-5H3,(H,22,24)(H,23,25). The zero-order valence-electron chi connectivity index (χ0n) is 16.4. The van der Waals surface area contributed by atoms with Crippen molar-refractivity contribution in [2.45, 2.75) is 32.6 Å². The fourth-order valence-electron chi connectivity index (χ4n) is 2.69. The molecule has 2 aromatic carbocycles. The van der Waals surface area contributed by atoms with E-state index in [2.05, 4.69) is 31.4 Å². The zero-order valence-corrected chi connectivity index (χ0v) is 16.4. The van der Waals surface area contributed by atoms with Crippen molar-refractivity contribution in [3.63, 3.8) is 0 Å². The lowest BCUT2D eigenvalue weighted by Crippen LogP contribution is -2.23. The number of benzene rings is 2. The number of nitrogens with one attached hydrogen (secondary N) is 2. The lowest BCUT2D eigenvalue weighted by molar-refractivity contribution is -0.123. The zero-order chi connectivity index (χ0) is 20.0. The maximum atomic E-state index is 12.3. The Kier molecular flexibility index (Phi) is 6.45. The summed E-state index contributed by atoms with van der Waals surface area (Å²) in [6, 6.07) is 12.6. The van der Waals surface area contributed by atoms with Crippen LogP contribution in [0.4, 0.5) is 11.4 Å². The van der Waals surface area contributed by atoms with E-state index in [1.807, 2.05) is 24.3 Å².